The van der Waals surface area contributed by atoms with Gasteiger partial charge in [0.15, 0.2) is 11.6 Å². The number of hydrogen-bond donors (Lipinski definition) is 2. The van der Waals surface area contributed by atoms with Crippen molar-refractivity contribution in [2.75, 3.05) is 30.3 Å². The first kappa shape index (κ1) is 15.4. The van der Waals surface area contributed by atoms with Crippen LogP contribution in [0.1, 0.15) is 26.2 Å². The number of anilines is 2. The number of nitrogen functional groups attached to an aromatic ring is 1. The van der Waals surface area contributed by atoms with Crippen LogP contribution in [-0.4, -0.2) is 25.6 Å². The van der Waals surface area contributed by atoms with Crippen LogP contribution in [0, 0.1) is 11.7 Å². The number of hydrogen-bond acceptors (Lipinski definition) is 4. The number of carbonyl (C=O) groups excluding carboxylic acids is 1. The zero-order valence-corrected chi connectivity index (χ0v) is 12.3. The highest BCUT2D eigenvalue weighted by molar-refractivity contribution is 5.74. The Morgan fingerprint density at radius 2 is 2.10 bits per heavy atom. The highest BCUT2D eigenvalue weighted by atomic mass is 19.1. The molecule has 0 spiro atoms. The molecule has 1 aliphatic rings. The predicted molar refractivity (Wildman–Crippen MR) is 80.7 cm³/mol. The standard InChI is InChI=1S/C15H22FN3O2/c1-2-21-14-9-13(12(17)8-11(14)16)19-5-3-10(4-6-19)7-15(18)20/h8-10H,2-7,17H2,1H3,(H2,18,20). The van der Waals surface area contributed by atoms with Gasteiger partial charge in [0.2, 0.25) is 5.91 Å². The molecule has 1 fully saturated rings. The molecule has 4 N–H and O–H groups in total. The molecule has 0 aromatic heterocycles. The van der Waals surface area contributed by atoms with Gasteiger partial charge in [-0.2, -0.15) is 0 Å². The van der Waals surface area contributed by atoms with Crippen molar-refractivity contribution < 1.29 is 13.9 Å². The van der Waals surface area contributed by atoms with Crippen LogP contribution in [-0.2, 0) is 4.79 Å². The molecule has 0 bridgehead atoms. The van der Waals surface area contributed by atoms with Gasteiger partial charge in [0, 0.05) is 31.6 Å². The van der Waals surface area contributed by atoms with Crippen molar-refractivity contribution in [3.63, 3.8) is 0 Å². The van der Waals surface area contributed by atoms with E-state index in [4.69, 9.17) is 16.2 Å². The molecule has 0 radical (unpaired) electrons. The Labute approximate surface area is 124 Å². The third-order valence-corrected chi connectivity index (χ3v) is 3.83. The Bertz CT molecular complexity index is 514. The fourth-order valence-corrected chi connectivity index (χ4v) is 2.76. The molecule has 1 amide bonds. The summed E-state index contributed by atoms with van der Waals surface area (Å²) in [5, 5.41) is 0. The maximum atomic E-state index is 13.7. The van der Waals surface area contributed by atoms with Gasteiger partial charge in [-0.25, -0.2) is 4.39 Å². The van der Waals surface area contributed by atoms with E-state index in [-0.39, 0.29) is 11.7 Å². The van der Waals surface area contributed by atoms with Crippen molar-refractivity contribution in [3.8, 4) is 5.75 Å². The minimum Gasteiger partial charge on any atom is -0.491 e. The molecule has 0 aliphatic carbocycles. The lowest BCUT2D eigenvalue weighted by Crippen LogP contribution is -2.35. The lowest BCUT2D eigenvalue weighted by atomic mass is 9.93. The quantitative estimate of drug-likeness (QED) is 0.813. The number of rotatable bonds is 5. The molecule has 1 aliphatic heterocycles. The largest absolute Gasteiger partial charge is 0.491 e. The fourth-order valence-electron chi connectivity index (χ4n) is 2.76. The highest BCUT2D eigenvalue weighted by Crippen LogP contribution is 2.34. The third-order valence-electron chi connectivity index (χ3n) is 3.83. The Morgan fingerprint density at radius 3 is 2.67 bits per heavy atom. The van der Waals surface area contributed by atoms with Gasteiger partial charge in [0.25, 0.3) is 0 Å². The van der Waals surface area contributed by atoms with Crippen molar-refractivity contribution in [1.29, 1.82) is 0 Å². The van der Waals surface area contributed by atoms with Gasteiger partial charge in [-0.1, -0.05) is 0 Å². The summed E-state index contributed by atoms with van der Waals surface area (Å²) < 4.78 is 19.0. The molecule has 0 unspecified atom stereocenters. The summed E-state index contributed by atoms with van der Waals surface area (Å²) in [6.07, 6.45) is 2.18. The minimum absolute atomic E-state index is 0.223. The number of primary amides is 1. The van der Waals surface area contributed by atoms with Crippen LogP contribution in [0.25, 0.3) is 0 Å². The van der Waals surface area contributed by atoms with Crippen LogP contribution >= 0.6 is 0 Å². The summed E-state index contributed by atoms with van der Waals surface area (Å²) in [7, 11) is 0. The van der Waals surface area contributed by atoms with Gasteiger partial charge in [-0.05, 0) is 25.7 Å². The van der Waals surface area contributed by atoms with Gasteiger partial charge in [0.05, 0.1) is 18.0 Å². The van der Waals surface area contributed by atoms with Crippen molar-refractivity contribution in [2.24, 2.45) is 11.7 Å². The van der Waals surface area contributed by atoms with E-state index in [1.54, 1.807) is 6.07 Å². The molecule has 0 saturated carbocycles. The molecular weight excluding hydrogens is 273 g/mol. The number of piperidine rings is 1. The molecule has 1 aromatic carbocycles. The summed E-state index contributed by atoms with van der Waals surface area (Å²) >= 11 is 0. The molecule has 116 valence electrons. The number of halogens is 1. The third kappa shape index (κ3) is 3.77. The van der Waals surface area contributed by atoms with Gasteiger partial charge >= 0.3 is 0 Å². The smallest absolute Gasteiger partial charge is 0.217 e. The first-order valence-corrected chi connectivity index (χ1v) is 7.26. The highest BCUT2D eigenvalue weighted by Gasteiger charge is 2.23. The number of amides is 1. The Kier molecular flexibility index (Phi) is 4.88. The second kappa shape index (κ2) is 6.65. The molecule has 0 atom stereocenters. The van der Waals surface area contributed by atoms with Crippen LogP contribution in [0.4, 0.5) is 15.8 Å². The topological polar surface area (TPSA) is 81.6 Å². The Hall–Kier alpha value is -1.98. The molecule has 6 heteroatoms. The van der Waals surface area contributed by atoms with Crippen LogP contribution in [0.15, 0.2) is 12.1 Å². The first-order chi connectivity index (χ1) is 10.0. The lowest BCUT2D eigenvalue weighted by Gasteiger charge is -2.34. The summed E-state index contributed by atoms with van der Waals surface area (Å²) in [6.45, 7) is 3.77. The second-order valence-corrected chi connectivity index (χ2v) is 5.38. The molecule has 1 saturated heterocycles. The number of nitrogens with two attached hydrogens (primary N) is 2. The fraction of sp³-hybridized carbons (Fsp3) is 0.533. The molecular formula is C15H22FN3O2. The number of carbonyl (C=O) groups is 1. The maximum Gasteiger partial charge on any atom is 0.217 e. The molecule has 1 heterocycles. The van der Waals surface area contributed by atoms with E-state index in [0.717, 1.165) is 31.6 Å². The van der Waals surface area contributed by atoms with Crippen LogP contribution in [0.5, 0.6) is 5.75 Å². The van der Waals surface area contributed by atoms with Crippen molar-refractivity contribution in [1.82, 2.24) is 0 Å². The SMILES string of the molecule is CCOc1cc(N2CCC(CC(N)=O)CC2)c(N)cc1F. The van der Waals surface area contributed by atoms with E-state index in [2.05, 4.69) is 4.90 Å². The van der Waals surface area contributed by atoms with E-state index in [1.807, 2.05) is 6.92 Å². The zero-order chi connectivity index (χ0) is 15.4. The van der Waals surface area contributed by atoms with Crippen LogP contribution < -0.4 is 21.1 Å². The summed E-state index contributed by atoms with van der Waals surface area (Å²) in [4.78, 5) is 13.1. The number of nitrogens with zero attached hydrogens (tertiary/aromatic N) is 1. The number of ether oxygens (including phenoxy) is 1. The van der Waals surface area contributed by atoms with Crippen LogP contribution in [0.3, 0.4) is 0 Å². The average molecular weight is 295 g/mol. The van der Waals surface area contributed by atoms with Crippen molar-refractivity contribution in [2.45, 2.75) is 26.2 Å². The van der Waals surface area contributed by atoms with Gasteiger partial charge in [0.1, 0.15) is 0 Å². The van der Waals surface area contributed by atoms with Crippen molar-refractivity contribution in [3.05, 3.63) is 17.9 Å². The second-order valence-electron chi connectivity index (χ2n) is 5.38. The molecule has 2 rings (SSSR count). The minimum atomic E-state index is -0.443. The van der Waals surface area contributed by atoms with Gasteiger partial charge in [-0.15, -0.1) is 0 Å². The monoisotopic (exact) mass is 295 g/mol. The van der Waals surface area contributed by atoms with E-state index >= 15 is 0 Å². The van der Waals surface area contributed by atoms with Gasteiger partial charge in [-0.3, -0.25) is 4.79 Å². The van der Waals surface area contributed by atoms with Crippen LogP contribution in [0.2, 0.25) is 0 Å². The maximum absolute atomic E-state index is 13.7. The summed E-state index contributed by atoms with van der Waals surface area (Å²) in [5.74, 6) is -0.150. The number of benzene rings is 1. The average Bonchev–Trinajstić information content (AvgIpc) is 2.42. The van der Waals surface area contributed by atoms with Gasteiger partial charge < -0.3 is 21.1 Å². The molecule has 1 aromatic rings. The molecule has 21 heavy (non-hydrogen) atoms. The normalized spacial score (nSPS) is 16.0. The van der Waals surface area contributed by atoms with E-state index in [0.29, 0.717) is 24.6 Å². The van der Waals surface area contributed by atoms with Crippen molar-refractivity contribution >= 4 is 17.3 Å². The Morgan fingerprint density at radius 1 is 1.43 bits per heavy atom. The lowest BCUT2D eigenvalue weighted by molar-refractivity contribution is -0.119. The Balaban J connectivity index is 2.09. The van der Waals surface area contributed by atoms with E-state index in [9.17, 15) is 9.18 Å². The van der Waals surface area contributed by atoms with E-state index in [1.165, 1.54) is 6.07 Å². The van der Waals surface area contributed by atoms with E-state index < -0.39 is 5.82 Å². The summed E-state index contributed by atoms with van der Waals surface area (Å²) in [6, 6.07) is 2.96. The molecule has 5 nitrogen and oxygen atoms in total. The predicted octanol–water partition coefficient (Wildman–Crippen LogP) is 1.90. The first-order valence-electron chi connectivity index (χ1n) is 7.26. The zero-order valence-electron chi connectivity index (χ0n) is 12.3. The summed E-state index contributed by atoms with van der Waals surface area (Å²) in [5.41, 5.74) is 12.3.